The second-order valence-corrected chi connectivity index (χ2v) is 4.35. The van der Waals surface area contributed by atoms with Crippen LogP contribution in [0.25, 0.3) is 0 Å². The molecule has 0 aromatic rings. The lowest BCUT2D eigenvalue weighted by molar-refractivity contribution is -0.124. The molecule has 0 radical (unpaired) electrons. The first kappa shape index (κ1) is 9.00. The van der Waals surface area contributed by atoms with Gasteiger partial charge in [-0.15, -0.1) is 0 Å². The Kier molecular flexibility index (Phi) is 2.54. The van der Waals surface area contributed by atoms with Crippen molar-refractivity contribution in [3.8, 4) is 0 Å². The minimum Gasteiger partial charge on any atom is -0.368 e. The fraction of sp³-hybridized carbons (Fsp3) is 0.900. The van der Waals surface area contributed by atoms with E-state index in [4.69, 9.17) is 5.73 Å². The number of carbonyl (C=O) groups excluding carboxylic acids is 1. The van der Waals surface area contributed by atoms with Gasteiger partial charge in [0.2, 0.25) is 5.91 Å². The normalized spacial score (nSPS) is 35.4. The van der Waals surface area contributed by atoms with E-state index in [1.54, 1.807) is 0 Å². The van der Waals surface area contributed by atoms with Gasteiger partial charge in [-0.2, -0.15) is 0 Å². The number of nitrogens with one attached hydrogen (secondary N) is 1. The topological polar surface area (TPSA) is 55.1 Å². The molecule has 0 aromatic carbocycles. The SMILES string of the molecule is NC(=O)C1NC[C@H]1C1CCCCC1. The highest BCUT2D eigenvalue weighted by Gasteiger charge is 2.39. The summed E-state index contributed by atoms with van der Waals surface area (Å²) >= 11 is 0. The molecule has 1 amide bonds. The van der Waals surface area contributed by atoms with Gasteiger partial charge in [0.05, 0.1) is 6.04 Å². The summed E-state index contributed by atoms with van der Waals surface area (Å²) in [6.07, 6.45) is 6.66. The third kappa shape index (κ3) is 1.70. The minimum atomic E-state index is -0.165. The maximum Gasteiger partial charge on any atom is 0.234 e. The Morgan fingerprint density at radius 2 is 1.92 bits per heavy atom. The van der Waals surface area contributed by atoms with Gasteiger partial charge in [-0.05, 0) is 11.8 Å². The molecular weight excluding hydrogens is 164 g/mol. The molecule has 2 atom stereocenters. The van der Waals surface area contributed by atoms with Crippen molar-refractivity contribution >= 4 is 5.91 Å². The highest BCUT2D eigenvalue weighted by molar-refractivity contribution is 5.81. The molecule has 2 aliphatic rings. The van der Waals surface area contributed by atoms with Gasteiger partial charge in [0.15, 0.2) is 0 Å². The third-order valence-corrected chi connectivity index (χ3v) is 3.56. The lowest BCUT2D eigenvalue weighted by Gasteiger charge is -2.42. The molecule has 3 nitrogen and oxygen atoms in total. The Balaban J connectivity index is 1.89. The van der Waals surface area contributed by atoms with Crippen molar-refractivity contribution in [2.45, 2.75) is 38.1 Å². The number of rotatable bonds is 2. The number of hydrogen-bond donors (Lipinski definition) is 2. The van der Waals surface area contributed by atoms with Gasteiger partial charge in [0, 0.05) is 6.54 Å². The summed E-state index contributed by atoms with van der Waals surface area (Å²) < 4.78 is 0. The molecule has 74 valence electrons. The maximum absolute atomic E-state index is 11.0. The summed E-state index contributed by atoms with van der Waals surface area (Å²) in [7, 11) is 0. The highest BCUT2D eigenvalue weighted by atomic mass is 16.1. The second-order valence-electron chi connectivity index (χ2n) is 4.35. The first-order valence-corrected chi connectivity index (χ1v) is 5.32. The van der Waals surface area contributed by atoms with Gasteiger partial charge < -0.3 is 11.1 Å². The van der Waals surface area contributed by atoms with Crippen LogP contribution in [0.15, 0.2) is 0 Å². The Labute approximate surface area is 79.1 Å². The Bertz CT molecular complexity index is 199. The van der Waals surface area contributed by atoms with Gasteiger partial charge >= 0.3 is 0 Å². The van der Waals surface area contributed by atoms with Gasteiger partial charge in [-0.25, -0.2) is 0 Å². The summed E-state index contributed by atoms with van der Waals surface area (Å²) in [5.74, 6) is 1.13. The molecule has 1 saturated carbocycles. The third-order valence-electron chi connectivity index (χ3n) is 3.56. The van der Waals surface area contributed by atoms with Gasteiger partial charge in [0.25, 0.3) is 0 Å². The largest absolute Gasteiger partial charge is 0.368 e. The average molecular weight is 182 g/mol. The van der Waals surface area contributed by atoms with Gasteiger partial charge in [-0.1, -0.05) is 32.1 Å². The van der Waals surface area contributed by atoms with Gasteiger partial charge in [-0.3, -0.25) is 4.79 Å². The van der Waals surface area contributed by atoms with Crippen LogP contribution < -0.4 is 11.1 Å². The van der Waals surface area contributed by atoms with E-state index in [1.807, 2.05) is 0 Å². The van der Waals surface area contributed by atoms with Crippen LogP contribution >= 0.6 is 0 Å². The Morgan fingerprint density at radius 1 is 1.23 bits per heavy atom. The zero-order valence-corrected chi connectivity index (χ0v) is 7.96. The molecule has 1 saturated heterocycles. The first-order valence-electron chi connectivity index (χ1n) is 5.32. The molecule has 0 spiro atoms. The van der Waals surface area contributed by atoms with Crippen LogP contribution in [0, 0.1) is 11.8 Å². The first-order chi connectivity index (χ1) is 6.29. The minimum absolute atomic E-state index is 0.0249. The maximum atomic E-state index is 11.0. The fourth-order valence-electron chi connectivity index (χ4n) is 2.68. The number of carbonyl (C=O) groups is 1. The summed E-state index contributed by atoms with van der Waals surface area (Å²) in [5, 5.41) is 3.12. The van der Waals surface area contributed by atoms with E-state index in [0.717, 1.165) is 12.5 Å². The van der Waals surface area contributed by atoms with Crippen LogP contribution in [0.3, 0.4) is 0 Å². The van der Waals surface area contributed by atoms with Crippen molar-refractivity contribution in [1.29, 1.82) is 0 Å². The monoisotopic (exact) mass is 182 g/mol. The summed E-state index contributed by atoms with van der Waals surface area (Å²) in [6, 6.07) is -0.0249. The average Bonchev–Trinajstić information content (AvgIpc) is 2.02. The van der Waals surface area contributed by atoms with Crippen molar-refractivity contribution in [3.05, 3.63) is 0 Å². The Morgan fingerprint density at radius 3 is 2.38 bits per heavy atom. The fourth-order valence-corrected chi connectivity index (χ4v) is 2.68. The van der Waals surface area contributed by atoms with E-state index in [0.29, 0.717) is 5.92 Å². The molecule has 0 bridgehead atoms. The molecule has 13 heavy (non-hydrogen) atoms. The smallest absolute Gasteiger partial charge is 0.234 e. The summed E-state index contributed by atoms with van der Waals surface area (Å²) in [5.41, 5.74) is 5.29. The summed E-state index contributed by atoms with van der Waals surface area (Å²) in [4.78, 5) is 11.0. The number of amides is 1. The molecule has 0 aromatic heterocycles. The van der Waals surface area contributed by atoms with Crippen LogP contribution in [0.5, 0.6) is 0 Å². The molecule has 1 aliphatic carbocycles. The van der Waals surface area contributed by atoms with Crippen LogP contribution in [0.2, 0.25) is 0 Å². The lowest BCUT2D eigenvalue weighted by Crippen LogP contribution is -2.62. The van der Waals surface area contributed by atoms with E-state index in [-0.39, 0.29) is 11.9 Å². The van der Waals surface area contributed by atoms with Crippen molar-refractivity contribution < 1.29 is 4.79 Å². The summed E-state index contributed by atoms with van der Waals surface area (Å²) in [6.45, 7) is 0.998. The standard InChI is InChI=1S/C10H18N2O/c11-10(13)9-8(6-12-9)7-4-2-1-3-5-7/h7-9,12H,1-6H2,(H2,11,13)/t8-,9?/m0/s1. The van der Waals surface area contributed by atoms with Crippen LogP contribution in [-0.2, 0) is 4.79 Å². The number of primary amides is 1. The predicted molar refractivity (Wildman–Crippen MR) is 51.1 cm³/mol. The van der Waals surface area contributed by atoms with Crippen molar-refractivity contribution in [2.75, 3.05) is 6.54 Å². The van der Waals surface area contributed by atoms with E-state index in [2.05, 4.69) is 5.32 Å². The molecule has 1 unspecified atom stereocenters. The molecule has 2 fully saturated rings. The van der Waals surface area contributed by atoms with Crippen molar-refractivity contribution in [1.82, 2.24) is 5.32 Å². The quantitative estimate of drug-likeness (QED) is 0.658. The molecule has 1 aliphatic heterocycles. The molecular formula is C10H18N2O. The van der Waals surface area contributed by atoms with E-state index >= 15 is 0 Å². The van der Waals surface area contributed by atoms with E-state index in [9.17, 15) is 4.79 Å². The van der Waals surface area contributed by atoms with Crippen molar-refractivity contribution in [2.24, 2.45) is 17.6 Å². The molecule has 3 heteroatoms. The van der Waals surface area contributed by atoms with Crippen molar-refractivity contribution in [3.63, 3.8) is 0 Å². The molecule has 2 rings (SSSR count). The second kappa shape index (κ2) is 3.66. The molecule has 3 N–H and O–H groups in total. The zero-order valence-electron chi connectivity index (χ0n) is 7.96. The highest BCUT2D eigenvalue weighted by Crippen LogP contribution is 2.34. The number of nitrogens with two attached hydrogens (primary N) is 1. The van der Waals surface area contributed by atoms with Gasteiger partial charge in [0.1, 0.15) is 0 Å². The zero-order chi connectivity index (χ0) is 9.26. The molecule has 1 heterocycles. The van der Waals surface area contributed by atoms with Crippen LogP contribution in [0.4, 0.5) is 0 Å². The predicted octanol–water partition coefficient (Wildman–Crippen LogP) is 0.640. The van der Waals surface area contributed by atoms with E-state index < -0.39 is 0 Å². The Hall–Kier alpha value is -0.570. The van der Waals surface area contributed by atoms with Crippen LogP contribution in [-0.4, -0.2) is 18.5 Å². The lowest BCUT2D eigenvalue weighted by atomic mass is 9.73. The van der Waals surface area contributed by atoms with E-state index in [1.165, 1.54) is 32.1 Å². The number of hydrogen-bond acceptors (Lipinski definition) is 2. The van der Waals surface area contributed by atoms with Crippen LogP contribution in [0.1, 0.15) is 32.1 Å².